The largest absolute Gasteiger partial charge is 0.316 e. The van der Waals surface area contributed by atoms with Crippen molar-refractivity contribution in [1.29, 1.82) is 0 Å². The molecule has 16 heavy (non-hydrogen) atoms. The van der Waals surface area contributed by atoms with Crippen molar-refractivity contribution in [2.45, 2.75) is 26.5 Å². The van der Waals surface area contributed by atoms with Crippen LogP contribution in [0.3, 0.4) is 0 Å². The van der Waals surface area contributed by atoms with Crippen LogP contribution in [0.1, 0.15) is 25.0 Å². The Balaban J connectivity index is 2.05. The van der Waals surface area contributed by atoms with Gasteiger partial charge < -0.3 is 5.32 Å². The fourth-order valence-corrected chi connectivity index (χ4v) is 2.27. The minimum atomic E-state index is 0.752. The Kier molecular flexibility index (Phi) is 6.58. The van der Waals surface area contributed by atoms with Crippen LogP contribution in [0.2, 0.25) is 0 Å². The first-order valence-electron chi connectivity index (χ1n) is 6.02. The molecule has 0 saturated heterocycles. The topological polar surface area (TPSA) is 12.0 Å². The van der Waals surface area contributed by atoms with Crippen LogP contribution >= 0.6 is 11.8 Å². The van der Waals surface area contributed by atoms with Crippen molar-refractivity contribution in [3.63, 3.8) is 0 Å². The first kappa shape index (κ1) is 13.6. The van der Waals surface area contributed by atoms with Crippen molar-refractivity contribution in [3.8, 4) is 0 Å². The van der Waals surface area contributed by atoms with Crippen LogP contribution < -0.4 is 5.32 Å². The fraction of sp³-hybridized carbons (Fsp3) is 0.571. The molecule has 0 amide bonds. The molecule has 0 unspecified atom stereocenters. The SMILES string of the molecule is Cc1ccc(CSCCNCC(C)C)cc1. The lowest BCUT2D eigenvalue weighted by molar-refractivity contribution is 0.568. The summed E-state index contributed by atoms with van der Waals surface area (Å²) in [6.07, 6.45) is 0. The van der Waals surface area contributed by atoms with Crippen molar-refractivity contribution >= 4 is 11.8 Å². The lowest BCUT2D eigenvalue weighted by Crippen LogP contribution is -2.22. The predicted molar refractivity (Wildman–Crippen MR) is 75.0 cm³/mol. The standard InChI is InChI=1S/C14H23NS/c1-12(2)10-15-8-9-16-11-14-6-4-13(3)5-7-14/h4-7,12,15H,8-11H2,1-3H3. The molecule has 0 spiro atoms. The van der Waals surface area contributed by atoms with E-state index in [9.17, 15) is 0 Å². The Morgan fingerprint density at radius 2 is 1.88 bits per heavy atom. The molecule has 0 saturated carbocycles. The maximum atomic E-state index is 3.46. The van der Waals surface area contributed by atoms with Crippen LogP contribution in [0.25, 0.3) is 0 Å². The molecule has 0 heterocycles. The fourth-order valence-electron chi connectivity index (χ4n) is 1.41. The minimum absolute atomic E-state index is 0.752. The first-order valence-corrected chi connectivity index (χ1v) is 7.18. The molecular formula is C14H23NS. The second-order valence-electron chi connectivity index (χ2n) is 4.64. The van der Waals surface area contributed by atoms with Gasteiger partial charge in [-0.05, 0) is 24.9 Å². The molecule has 90 valence electrons. The van der Waals surface area contributed by atoms with E-state index < -0.39 is 0 Å². The summed E-state index contributed by atoms with van der Waals surface area (Å²) in [5.74, 6) is 3.08. The highest BCUT2D eigenvalue weighted by Crippen LogP contribution is 2.12. The van der Waals surface area contributed by atoms with E-state index in [2.05, 4.69) is 50.4 Å². The van der Waals surface area contributed by atoms with E-state index in [-0.39, 0.29) is 0 Å². The van der Waals surface area contributed by atoms with Gasteiger partial charge in [-0.1, -0.05) is 43.7 Å². The maximum absolute atomic E-state index is 3.46. The molecule has 0 aromatic heterocycles. The maximum Gasteiger partial charge on any atom is 0.0185 e. The predicted octanol–water partition coefficient (Wildman–Crippen LogP) is 3.47. The van der Waals surface area contributed by atoms with Crippen LogP contribution in [0, 0.1) is 12.8 Å². The highest BCUT2D eigenvalue weighted by molar-refractivity contribution is 7.98. The highest BCUT2D eigenvalue weighted by atomic mass is 32.2. The van der Waals surface area contributed by atoms with E-state index in [1.54, 1.807) is 0 Å². The van der Waals surface area contributed by atoms with Gasteiger partial charge in [0.15, 0.2) is 0 Å². The Morgan fingerprint density at radius 3 is 2.50 bits per heavy atom. The van der Waals surface area contributed by atoms with Gasteiger partial charge in [0.25, 0.3) is 0 Å². The molecule has 0 fully saturated rings. The molecule has 0 atom stereocenters. The summed E-state index contributed by atoms with van der Waals surface area (Å²) >= 11 is 2.00. The van der Waals surface area contributed by atoms with Crippen LogP contribution in [-0.4, -0.2) is 18.8 Å². The number of benzene rings is 1. The summed E-state index contributed by atoms with van der Waals surface area (Å²) in [5.41, 5.74) is 2.77. The second-order valence-corrected chi connectivity index (χ2v) is 5.74. The summed E-state index contributed by atoms with van der Waals surface area (Å²) in [6, 6.07) is 8.83. The van der Waals surface area contributed by atoms with E-state index in [0.29, 0.717) is 0 Å². The third kappa shape index (κ3) is 6.19. The Labute approximate surface area is 104 Å². The number of nitrogens with one attached hydrogen (secondary N) is 1. The first-order chi connectivity index (χ1) is 7.68. The summed E-state index contributed by atoms with van der Waals surface area (Å²) in [5, 5.41) is 3.46. The normalized spacial score (nSPS) is 11.0. The summed E-state index contributed by atoms with van der Waals surface area (Å²) in [6.45, 7) is 8.87. The molecular weight excluding hydrogens is 214 g/mol. The summed E-state index contributed by atoms with van der Waals surface area (Å²) in [4.78, 5) is 0. The van der Waals surface area contributed by atoms with Crippen LogP contribution in [0.15, 0.2) is 24.3 Å². The number of aryl methyl sites for hydroxylation is 1. The van der Waals surface area contributed by atoms with Gasteiger partial charge in [-0.25, -0.2) is 0 Å². The number of rotatable bonds is 7. The molecule has 1 nitrogen and oxygen atoms in total. The molecule has 0 radical (unpaired) electrons. The van der Waals surface area contributed by atoms with Crippen molar-refractivity contribution in [1.82, 2.24) is 5.32 Å². The van der Waals surface area contributed by atoms with Gasteiger partial charge in [0.1, 0.15) is 0 Å². The molecule has 2 heteroatoms. The van der Waals surface area contributed by atoms with Gasteiger partial charge in [-0.2, -0.15) is 11.8 Å². The van der Waals surface area contributed by atoms with Crippen molar-refractivity contribution < 1.29 is 0 Å². The van der Waals surface area contributed by atoms with E-state index in [4.69, 9.17) is 0 Å². The van der Waals surface area contributed by atoms with Gasteiger partial charge in [0, 0.05) is 18.1 Å². The summed E-state index contributed by atoms with van der Waals surface area (Å²) < 4.78 is 0. The van der Waals surface area contributed by atoms with E-state index in [1.165, 1.54) is 16.9 Å². The monoisotopic (exact) mass is 237 g/mol. The van der Waals surface area contributed by atoms with Crippen molar-refractivity contribution in [3.05, 3.63) is 35.4 Å². The zero-order valence-electron chi connectivity index (χ0n) is 10.6. The zero-order chi connectivity index (χ0) is 11.8. The Bertz CT molecular complexity index is 279. The zero-order valence-corrected chi connectivity index (χ0v) is 11.4. The van der Waals surface area contributed by atoms with Gasteiger partial charge in [0.05, 0.1) is 0 Å². The molecule has 1 rings (SSSR count). The van der Waals surface area contributed by atoms with E-state index in [1.807, 2.05) is 11.8 Å². The van der Waals surface area contributed by atoms with Gasteiger partial charge >= 0.3 is 0 Å². The Hall–Kier alpha value is -0.470. The average molecular weight is 237 g/mol. The Morgan fingerprint density at radius 1 is 1.19 bits per heavy atom. The number of hydrogen-bond acceptors (Lipinski definition) is 2. The van der Waals surface area contributed by atoms with Crippen LogP contribution in [0.5, 0.6) is 0 Å². The molecule has 1 aromatic rings. The van der Waals surface area contributed by atoms with Crippen molar-refractivity contribution in [2.24, 2.45) is 5.92 Å². The van der Waals surface area contributed by atoms with Crippen LogP contribution in [-0.2, 0) is 5.75 Å². The van der Waals surface area contributed by atoms with E-state index >= 15 is 0 Å². The molecule has 0 aliphatic heterocycles. The number of hydrogen-bond donors (Lipinski definition) is 1. The summed E-state index contributed by atoms with van der Waals surface area (Å²) in [7, 11) is 0. The second kappa shape index (κ2) is 7.75. The third-order valence-corrected chi connectivity index (χ3v) is 3.40. The minimum Gasteiger partial charge on any atom is -0.316 e. The third-order valence-electron chi connectivity index (χ3n) is 2.37. The van der Waals surface area contributed by atoms with Crippen LogP contribution in [0.4, 0.5) is 0 Å². The molecule has 0 aliphatic rings. The van der Waals surface area contributed by atoms with E-state index in [0.717, 1.165) is 24.8 Å². The van der Waals surface area contributed by atoms with Gasteiger partial charge in [0.2, 0.25) is 0 Å². The smallest absolute Gasteiger partial charge is 0.0185 e. The molecule has 0 aliphatic carbocycles. The lowest BCUT2D eigenvalue weighted by Gasteiger charge is -2.07. The van der Waals surface area contributed by atoms with Gasteiger partial charge in [-0.15, -0.1) is 0 Å². The lowest BCUT2D eigenvalue weighted by atomic mass is 10.2. The molecule has 1 N–H and O–H groups in total. The quantitative estimate of drug-likeness (QED) is 0.729. The highest BCUT2D eigenvalue weighted by Gasteiger charge is 1.95. The number of thioether (sulfide) groups is 1. The van der Waals surface area contributed by atoms with Gasteiger partial charge in [-0.3, -0.25) is 0 Å². The average Bonchev–Trinajstić information content (AvgIpc) is 2.25. The molecule has 0 bridgehead atoms. The van der Waals surface area contributed by atoms with Crippen molar-refractivity contribution in [2.75, 3.05) is 18.8 Å². The molecule has 1 aromatic carbocycles.